The lowest BCUT2D eigenvalue weighted by Gasteiger charge is -2.36. The maximum atomic E-state index is 2.56. The van der Waals surface area contributed by atoms with Crippen molar-refractivity contribution in [2.24, 2.45) is 0 Å². The van der Waals surface area contributed by atoms with Crippen molar-refractivity contribution < 1.29 is 0 Å². The van der Waals surface area contributed by atoms with Gasteiger partial charge in [-0.2, -0.15) is 0 Å². The molecule has 0 spiro atoms. The van der Waals surface area contributed by atoms with Crippen LogP contribution in [0.25, 0.3) is 55.3 Å². The van der Waals surface area contributed by atoms with Gasteiger partial charge in [-0.15, -0.1) is 0 Å². The molecule has 59 heavy (non-hydrogen) atoms. The number of rotatable bonds is 5. The average Bonchev–Trinajstić information content (AvgIpc) is 3.71. The second kappa shape index (κ2) is 13.1. The highest BCUT2D eigenvalue weighted by Gasteiger charge is 2.51. The zero-order chi connectivity index (χ0) is 40.0. The Labute approximate surface area is 348 Å². The molecule has 2 aliphatic carbocycles. The molecule has 0 bridgehead atoms. The molecule has 9 aromatic rings. The van der Waals surface area contributed by atoms with Gasteiger partial charge in [-0.25, -0.2) is 0 Å². The number of benzene rings is 9. The summed E-state index contributed by atoms with van der Waals surface area (Å²) in [5.74, 6) is 0. The molecule has 0 radical (unpaired) electrons. The van der Waals surface area contributed by atoms with Crippen LogP contribution in [0.3, 0.4) is 0 Å². The molecule has 282 valence electrons. The van der Waals surface area contributed by atoms with E-state index in [-0.39, 0.29) is 0 Å². The summed E-state index contributed by atoms with van der Waals surface area (Å²) in [5, 5.41) is 2.58. The van der Waals surface area contributed by atoms with E-state index in [1.54, 1.807) is 0 Å². The summed E-state index contributed by atoms with van der Waals surface area (Å²) < 4.78 is 0. The van der Waals surface area contributed by atoms with E-state index in [4.69, 9.17) is 0 Å². The van der Waals surface area contributed by atoms with E-state index in [0.29, 0.717) is 0 Å². The maximum Gasteiger partial charge on any atom is 0.0713 e. The second-order valence-electron chi connectivity index (χ2n) is 17.3. The molecule has 11 rings (SSSR count). The summed E-state index contributed by atoms with van der Waals surface area (Å²) in [6.07, 6.45) is 0. The van der Waals surface area contributed by atoms with Crippen LogP contribution in [0.2, 0.25) is 0 Å². The smallest absolute Gasteiger partial charge is 0.0619 e. The van der Waals surface area contributed by atoms with Gasteiger partial charge in [0.25, 0.3) is 0 Å². The van der Waals surface area contributed by atoms with Gasteiger partial charge in [-0.1, -0.05) is 192 Å². The Morgan fingerprint density at radius 1 is 0.339 bits per heavy atom. The molecule has 0 fully saturated rings. The third kappa shape index (κ3) is 5.16. The average molecular weight is 755 g/mol. The largest absolute Gasteiger partial charge is 0.0713 e. The summed E-state index contributed by atoms with van der Waals surface area (Å²) >= 11 is 0. The van der Waals surface area contributed by atoms with Crippen molar-refractivity contribution in [1.82, 2.24) is 0 Å². The number of hydrogen-bond donors (Lipinski definition) is 0. The van der Waals surface area contributed by atoms with Crippen molar-refractivity contribution in [3.8, 4) is 44.5 Å². The maximum absolute atomic E-state index is 2.56. The van der Waals surface area contributed by atoms with Crippen molar-refractivity contribution in [1.29, 1.82) is 0 Å². The van der Waals surface area contributed by atoms with Crippen LogP contribution < -0.4 is 0 Å². The fourth-order valence-electron chi connectivity index (χ4n) is 10.7. The van der Waals surface area contributed by atoms with Crippen molar-refractivity contribution in [3.63, 3.8) is 0 Å². The minimum absolute atomic E-state index is 0.513. The Hall–Kier alpha value is -6.76. The molecule has 0 N–H and O–H groups in total. The molecular weight excluding hydrogens is 709 g/mol. The predicted octanol–water partition coefficient (Wildman–Crippen LogP) is 15.1. The quantitative estimate of drug-likeness (QED) is 0.164. The first-order valence-corrected chi connectivity index (χ1v) is 21.0. The molecule has 0 aliphatic heterocycles. The molecule has 0 heteroatoms. The van der Waals surface area contributed by atoms with Crippen LogP contribution in [0.15, 0.2) is 188 Å². The minimum atomic E-state index is -0.550. The first kappa shape index (κ1) is 35.4. The van der Waals surface area contributed by atoms with Gasteiger partial charge in [0, 0.05) is 5.41 Å². The lowest BCUT2D eigenvalue weighted by Crippen LogP contribution is -2.29. The SMILES string of the molecule is Cc1ccc(-c2ccc3c(c2)C(C)(c2cc(-c4ccc(C)cc4)cc4c2-c2ccccc2C4(c2ccc(C)cc2)c2ccc(C)cc2)c2c-3ccc3ccccc23)cc1. The number of aryl methyl sites for hydroxylation is 4. The summed E-state index contributed by atoms with van der Waals surface area (Å²) in [6.45, 7) is 11.3. The Morgan fingerprint density at radius 2 is 0.831 bits per heavy atom. The summed E-state index contributed by atoms with van der Waals surface area (Å²) in [5.41, 5.74) is 23.5. The summed E-state index contributed by atoms with van der Waals surface area (Å²) in [7, 11) is 0. The molecule has 0 saturated heterocycles. The molecule has 9 aromatic carbocycles. The Kier molecular flexibility index (Phi) is 7.88. The molecular formula is C59H46. The normalized spacial score (nSPS) is 15.7. The first-order valence-electron chi connectivity index (χ1n) is 21.0. The fourth-order valence-corrected chi connectivity index (χ4v) is 10.7. The Bertz CT molecular complexity index is 3060. The Balaban J connectivity index is 1.32. The number of hydrogen-bond acceptors (Lipinski definition) is 0. The van der Waals surface area contributed by atoms with Crippen molar-refractivity contribution in [2.75, 3.05) is 0 Å². The van der Waals surface area contributed by atoms with E-state index in [9.17, 15) is 0 Å². The van der Waals surface area contributed by atoms with Gasteiger partial charge in [0.2, 0.25) is 0 Å². The molecule has 1 atom stereocenters. The highest BCUT2D eigenvalue weighted by Crippen LogP contribution is 2.63. The monoisotopic (exact) mass is 754 g/mol. The van der Waals surface area contributed by atoms with E-state index in [1.807, 2.05) is 0 Å². The zero-order valence-electron chi connectivity index (χ0n) is 34.4. The van der Waals surface area contributed by atoms with Gasteiger partial charge in [0.1, 0.15) is 0 Å². The molecule has 2 aliphatic rings. The zero-order valence-corrected chi connectivity index (χ0v) is 34.4. The summed E-state index contributed by atoms with van der Waals surface area (Å²) in [6, 6.07) is 72.1. The van der Waals surface area contributed by atoms with Crippen LogP contribution in [0.1, 0.15) is 68.1 Å². The molecule has 0 amide bonds. The van der Waals surface area contributed by atoms with Gasteiger partial charge in [-0.3, -0.25) is 0 Å². The van der Waals surface area contributed by atoms with Crippen LogP contribution >= 0.6 is 0 Å². The number of fused-ring (bicyclic) bond motifs is 8. The molecule has 0 heterocycles. The molecule has 0 nitrogen and oxygen atoms in total. The highest BCUT2D eigenvalue weighted by atomic mass is 14.5. The van der Waals surface area contributed by atoms with Crippen molar-refractivity contribution in [2.45, 2.75) is 45.4 Å². The molecule has 0 aromatic heterocycles. The van der Waals surface area contributed by atoms with E-state index < -0.39 is 10.8 Å². The van der Waals surface area contributed by atoms with Crippen LogP contribution in [0, 0.1) is 27.7 Å². The Morgan fingerprint density at radius 3 is 1.47 bits per heavy atom. The predicted molar refractivity (Wildman–Crippen MR) is 249 cm³/mol. The van der Waals surface area contributed by atoms with E-state index in [1.165, 1.54) is 116 Å². The van der Waals surface area contributed by atoms with Gasteiger partial charge >= 0.3 is 0 Å². The highest BCUT2D eigenvalue weighted by molar-refractivity contribution is 6.01. The minimum Gasteiger partial charge on any atom is -0.0619 e. The third-order valence-electron chi connectivity index (χ3n) is 13.7. The fraction of sp³-hybridized carbons (Fsp3) is 0.119. The van der Waals surface area contributed by atoms with E-state index in [2.05, 4.69) is 223 Å². The third-order valence-corrected chi connectivity index (χ3v) is 13.7. The van der Waals surface area contributed by atoms with Crippen molar-refractivity contribution >= 4 is 10.8 Å². The van der Waals surface area contributed by atoms with Crippen molar-refractivity contribution in [3.05, 3.63) is 249 Å². The van der Waals surface area contributed by atoms with Crippen LogP contribution in [0.4, 0.5) is 0 Å². The first-order chi connectivity index (χ1) is 28.7. The van der Waals surface area contributed by atoms with Gasteiger partial charge in [0.05, 0.1) is 5.41 Å². The molecule has 0 saturated carbocycles. The van der Waals surface area contributed by atoms with Crippen LogP contribution in [-0.2, 0) is 10.8 Å². The lowest BCUT2D eigenvalue weighted by molar-refractivity contribution is 0.717. The van der Waals surface area contributed by atoms with E-state index >= 15 is 0 Å². The second-order valence-corrected chi connectivity index (χ2v) is 17.3. The summed E-state index contributed by atoms with van der Waals surface area (Å²) in [4.78, 5) is 0. The van der Waals surface area contributed by atoms with Crippen LogP contribution in [-0.4, -0.2) is 0 Å². The topological polar surface area (TPSA) is 0 Å². The van der Waals surface area contributed by atoms with Crippen LogP contribution in [0.5, 0.6) is 0 Å². The lowest BCUT2D eigenvalue weighted by atomic mass is 9.65. The van der Waals surface area contributed by atoms with Gasteiger partial charge < -0.3 is 0 Å². The standard InChI is InChI=1S/C59H46/c1-37-14-22-41(23-15-37)44-27-32-49-50-33-26-43-10-6-7-11-48(43)57(50)58(5,53(49)34-44)54-35-45(42-24-16-38(2)17-25-42)36-55-56(54)51-12-8-9-13-52(51)59(55,46-28-18-39(3)19-29-46)47-30-20-40(4)21-31-47/h6-36H,1-5H3. The molecule has 1 unspecified atom stereocenters. The van der Waals surface area contributed by atoms with Gasteiger partial charge in [-0.05, 0) is 147 Å². The van der Waals surface area contributed by atoms with Gasteiger partial charge in [0.15, 0.2) is 0 Å². The van der Waals surface area contributed by atoms with E-state index in [0.717, 1.165) is 0 Å².